The summed E-state index contributed by atoms with van der Waals surface area (Å²) in [6.45, 7) is 11.9. The van der Waals surface area contributed by atoms with Crippen LogP contribution in [0.2, 0.25) is 0 Å². The predicted molar refractivity (Wildman–Crippen MR) is 138 cm³/mol. The van der Waals surface area contributed by atoms with E-state index in [2.05, 4.69) is 22.1 Å². The number of aryl methyl sites for hydroxylation is 2. The zero-order chi connectivity index (χ0) is 26.4. The van der Waals surface area contributed by atoms with Gasteiger partial charge in [-0.05, 0) is 56.4 Å². The summed E-state index contributed by atoms with van der Waals surface area (Å²) in [5.74, 6) is -0.607. The van der Waals surface area contributed by atoms with Gasteiger partial charge in [0.2, 0.25) is 5.91 Å². The second-order valence-corrected chi connectivity index (χ2v) is 9.93. The third-order valence-corrected chi connectivity index (χ3v) is 6.51. The van der Waals surface area contributed by atoms with Gasteiger partial charge in [-0.2, -0.15) is 0 Å². The third-order valence-electron chi connectivity index (χ3n) is 6.51. The monoisotopic (exact) mass is 498 g/mol. The first-order chi connectivity index (χ1) is 17.1. The maximum atomic E-state index is 13.6. The molecule has 3 heterocycles. The van der Waals surface area contributed by atoms with E-state index in [0.717, 1.165) is 23.5 Å². The number of carbonyl (C=O) groups excluding carboxylic acids is 2. The fourth-order valence-electron chi connectivity index (χ4n) is 4.51. The van der Waals surface area contributed by atoms with Crippen molar-refractivity contribution in [3.63, 3.8) is 0 Å². The van der Waals surface area contributed by atoms with Crippen LogP contribution < -0.4 is 15.8 Å². The molecule has 1 fully saturated rings. The lowest BCUT2D eigenvalue weighted by Crippen LogP contribution is -2.44. The van der Waals surface area contributed by atoms with Gasteiger partial charge in [0.05, 0.1) is 44.2 Å². The summed E-state index contributed by atoms with van der Waals surface area (Å²) in [4.78, 5) is 45.5. The molecule has 2 aromatic heterocycles. The Bertz CT molecular complexity index is 1130. The van der Waals surface area contributed by atoms with E-state index in [4.69, 9.17) is 9.47 Å². The summed E-state index contributed by atoms with van der Waals surface area (Å²) in [5.41, 5.74) is 3.10. The van der Waals surface area contributed by atoms with E-state index in [9.17, 15) is 14.4 Å². The number of esters is 1. The molecular formula is C27H38N4O5. The van der Waals surface area contributed by atoms with Gasteiger partial charge >= 0.3 is 5.97 Å². The Kier molecular flexibility index (Phi) is 9.25. The minimum atomic E-state index is -0.713. The molecular weight excluding hydrogens is 460 g/mol. The molecule has 0 saturated carbocycles. The highest BCUT2D eigenvalue weighted by Gasteiger charge is 2.28. The maximum Gasteiger partial charge on any atom is 0.307 e. The van der Waals surface area contributed by atoms with Gasteiger partial charge in [-0.25, -0.2) is 0 Å². The number of carbonyl (C=O) groups is 2. The van der Waals surface area contributed by atoms with E-state index in [0.29, 0.717) is 25.2 Å². The van der Waals surface area contributed by atoms with Crippen molar-refractivity contribution in [3.05, 3.63) is 57.8 Å². The lowest BCUT2D eigenvalue weighted by atomic mass is 9.99. The first kappa shape index (κ1) is 27.4. The van der Waals surface area contributed by atoms with Crippen molar-refractivity contribution in [3.8, 4) is 0 Å². The number of pyridine rings is 2. The van der Waals surface area contributed by atoms with Crippen molar-refractivity contribution in [2.24, 2.45) is 5.92 Å². The molecule has 9 heteroatoms. The smallest absolute Gasteiger partial charge is 0.307 e. The largest absolute Gasteiger partial charge is 0.469 e. The molecule has 0 bridgehead atoms. The molecule has 0 aliphatic carbocycles. The van der Waals surface area contributed by atoms with Gasteiger partial charge in [-0.15, -0.1) is 0 Å². The number of rotatable bonds is 9. The lowest BCUT2D eigenvalue weighted by molar-refractivity contribution is -0.141. The highest BCUT2D eigenvalue weighted by Crippen LogP contribution is 2.28. The standard InChI is InChI=1S/C27H38N4O5/c1-17(2)11-24(31-8-7-18(3)12-25(31)32)27(34)29-22(14-26(33)35-6)21-13-23(20(5)28-15-21)30-9-10-36-16-19(30)4/h7-8,12-13,15,17,19,22,24H,9-11,14,16H2,1-6H3,(H,29,34)/t19-,22?,24?/m0/s1. The van der Waals surface area contributed by atoms with Gasteiger partial charge in [0.15, 0.2) is 0 Å². The van der Waals surface area contributed by atoms with Crippen molar-refractivity contribution in [2.45, 2.75) is 65.6 Å². The molecule has 3 rings (SSSR count). The molecule has 1 aliphatic rings. The lowest BCUT2D eigenvalue weighted by Gasteiger charge is -2.36. The Morgan fingerprint density at radius 1 is 1.28 bits per heavy atom. The number of ether oxygens (including phenoxy) is 2. The van der Waals surface area contributed by atoms with Crippen LogP contribution in [0, 0.1) is 19.8 Å². The molecule has 1 N–H and O–H groups in total. The number of nitrogens with zero attached hydrogens (tertiary/aromatic N) is 3. The van der Waals surface area contributed by atoms with Crippen molar-refractivity contribution in [1.29, 1.82) is 0 Å². The van der Waals surface area contributed by atoms with Crippen LogP contribution in [0.15, 0.2) is 35.4 Å². The molecule has 3 atom stereocenters. The average Bonchev–Trinajstić information content (AvgIpc) is 2.83. The van der Waals surface area contributed by atoms with E-state index in [-0.39, 0.29) is 29.8 Å². The zero-order valence-electron chi connectivity index (χ0n) is 22.1. The van der Waals surface area contributed by atoms with Crippen molar-refractivity contribution in [2.75, 3.05) is 31.8 Å². The van der Waals surface area contributed by atoms with Crippen molar-refractivity contribution in [1.82, 2.24) is 14.9 Å². The van der Waals surface area contributed by atoms with Crippen LogP contribution in [0.4, 0.5) is 5.69 Å². The van der Waals surface area contributed by atoms with E-state index in [1.165, 1.54) is 17.7 Å². The molecule has 1 amide bonds. The van der Waals surface area contributed by atoms with Gasteiger partial charge in [0, 0.05) is 31.0 Å². The SMILES string of the molecule is COC(=O)CC(NC(=O)C(CC(C)C)n1ccc(C)cc1=O)c1cnc(C)c(N2CCOC[C@@H]2C)c1. The number of methoxy groups -OCH3 is 1. The minimum Gasteiger partial charge on any atom is -0.469 e. The fraction of sp³-hybridized carbons (Fsp3) is 0.556. The Balaban J connectivity index is 1.96. The number of amides is 1. The molecule has 2 unspecified atom stereocenters. The zero-order valence-corrected chi connectivity index (χ0v) is 22.1. The maximum absolute atomic E-state index is 13.6. The molecule has 1 saturated heterocycles. The number of hydrogen-bond acceptors (Lipinski definition) is 7. The van der Waals surface area contributed by atoms with E-state index < -0.39 is 18.1 Å². The van der Waals surface area contributed by atoms with E-state index in [1.54, 1.807) is 12.4 Å². The van der Waals surface area contributed by atoms with Gasteiger partial charge in [-0.3, -0.25) is 19.4 Å². The first-order valence-corrected chi connectivity index (χ1v) is 12.5. The topological polar surface area (TPSA) is 103 Å². The third kappa shape index (κ3) is 6.72. The molecule has 0 aromatic carbocycles. The average molecular weight is 499 g/mol. The summed E-state index contributed by atoms with van der Waals surface area (Å²) in [6, 6.07) is 4.11. The van der Waals surface area contributed by atoms with E-state index in [1.807, 2.05) is 39.8 Å². The minimum absolute atomic E-state index is 0.0533. The van der Waals surface area contributed by atoms with Crippen LogP contribution in [0.5, 0.6) is 0 Å². The number of hydrogen-bond donors (Lipinski definition) is 1. The highest BCUT2D eigenvalue weighted by atomic mass is 16.5. The van der Waals surface area contributed by atoms with Crippen LogP contribution in [-0.4, -0.2) is 54.3 Å². The van der Waals surface area contributed by atoms with Gasteiger partial charge < -0.3 is 24.3 Å². The summed E-state index contributed by atoms with van der Waals surface area (Å²) in [7, 11) is 1.32. The van der Waals surface area contributed by atoms with Crippen LogP contribution in [-0.2, 0) is 19.1 Å². The Morgan fingerprint density at radius 2 is 2.03 bits per heavy atom. The molecule has 1 aliphatic heterocycles. The Morgan fingerprint density at radius 3 is 2.67 bits per heavy atom. The normalized spacial score (nSPS) is 17.5. The summed E-state index contributed by atoms with van der Waals surface area (Å²) in [6.07, 6.45) is 3.77. The first-order valence-electron chi connectivity index (χ1n) is 12.5. The molecule has 0 spiro atoms. The molecule has 0 radical (unpaired) electrons. The predicted octanol–water partition coefficient (Wildman–Crippen LogP) is 3.09. The Labute approximate surface area is 212 Å². The number of morpholine rings is 1. The fourth-order valence-corrected chi connectivity index (χ4v) is 4.51. The second kappa shape index (κ2) is 12.2. The van der Waals surface area contributed by atoms with Crippen LogP contribution >= 0.6 is 0 Å². The van der Waals surface area contributed by atoms with E-state index >= 15 is 0 Å². The second-order valence-electron chi connectivity index (χ2n) is 9.93. The van der Waals surface area contributed by atoms with Crippen LogP contribution in [0.3, 0.4) is 0 Å². The summed E-state index contributed by atoms with van der Waals surface area (Å²) in [5, 5.41) is 3.02. The highest BCUT2D eigenvalue weighted by molar-refractivity contribution is 5.82. The van der Waals surface area contributed by atoms with Crippen LogP contribution in [0.25, 0.3) is 0 Å². The quantitative estimate of drug-likeness (QED) is 0.530. The Hall–Kier alpha value is -3.20. The van der Waals surface area contributed by atoms with Crippen molar-refractivity contribution >= 4 is 17.6 Å². The number of nitrogens with one attached hydrogen (secondary N) is 1. The van der Waals surface area contributed by atoms with Gasteiger partial charge in [0.25, 0.3) is 5.56 Å². The van der Waals surface area contributed by atoms with Crippen molar-refractivity contribution < 1.29 is 19.1 Å². The summed E-state index contributed by atoms with van der Waals surface area (Å²) >= 11 is 0. The molecule has 2 aromatic rings. The number of anilines is 1. The molecule has 36 heavy (non-hydrogen) atoms. The molecule has 196 valence electrons. The van der Waals surface area contributed by atoms with Gasteiger partial charge in [-0.1, -0.05) is 13.8 Å². The van der Waals surface area contributed by atoms with Crippen LogP contribution in [0.1, 0.15) is 62.5 Å². The number of aromatic nitrogens is 2. The molecule has 9 nitrogen and oxygen atoms in total. The van der Waals surface area contributed by atoms with Gasteiger partial charge in [0.1, 0.15) is 6.04 Å². The summed E-state index contributed by atoms with van der Waals surface area (Å²) < 4.78 is 12.0.